The van der Waals surface area contributed by atoms with Crippen LogP contribution in [0.5, 0.6) is 0 Å². The number of rotatable bonds is 7. The van der Waals surface area contributed by atoms with Crippen molar-refractivity contribution in [2.75, 3.05) is 13.2 Å². The second kappa shape index (κ2) is 10.2. The molecule has 1 fully saturated rings. The Bertz CT molecular complexity index is 630. The fraction of sp³-hybridized carbons (Fsp3) is 0.556. The Balaban J connectivity index is 2.01. The number of aliphatic hydroxyl groups is 1. The van der Waals surface area contributed by atoms with E-state index in [2.05, 4.69) is 10.2 Å². The minimum Gasteiger partial charge on any atom is -0.396 e. The number of carbonyl (C=O) groups is 1. The van der Waals surface area contributed by atoms with E-state index in [1.807, 2.05) is 0 Å². The molecule has 0 aliphatic heterocycles. The van der Waals surface area contributed by atoms with Crippen LogP contribution in [0.3, 0.4) is 0 Å². The Kier molecular flexibility index (Phi) is 7.93. The van der Waals surface area contributed by atoms with Crippen molar-refractivity contribution >= 4 is 28.9 Å². The van der Waals surface area contributed by atoms with Gasteiger partial charge in [0.25, 0.3) is 11.6 Å². The molecule has 2 N–H and O–H groups in total. The lowest BCUT2D eigenvalue weighted by molar-refractivity contribution is -0.384. The molecule has 7 nitrogen and oxygen atoms in total. The molecule has 142 valence electrons. The van der Waals surface area contributed by atoms with Crippen LogP contribution in [0.25, 0.3) is 0 Å². The molecule has 0 aromatic heterocycles. The van der Waals surface area contributed by atoms with Crippen molar-refractivity contribution < 1.29 is 14.8 Å². The van der Waals surface area contributed by atoms with Gasteiger partial charge in [-0.05, 0) is 50.0 Å². The van der Waals surface area contributed by atoms with E-state index in [4.69, 9.17) is 17.3 Å². The highest BCUT2D eigenvalue weighted by Crippen LogP contribution is 2.23. The molecule has 1 aromatic rings. The van der Waals surface area contributed by atoms with Crippen molar-refractivity contribution in [3.63, 3.8) is 0 Å². The number of nitro groups is 1. The van der Waals surface area contributed by atoms with Crippen LogP contribution in [0, 0.1) is 10.1 Å². The van der Waals surface area contributed by atoms with E-state index in [0.29, 0.717) is 29.7 Å². The van der Waals surface area contributed by atoms with Crippen LogP contribution in [0.2, 0.25) is 0 Å². The fourth-order valence-corrected chi connectivity index (χ4v) is 3.55. The molecular weight excluding hydrogens is 354 g/mol. The first-order valence-corrected chi connectivity index (χ1v) is 9.41. The molecule has 8 heteroatoms. The second-order valence-corrected chi connectivity index (χ2v) is 6.87. The molecule has 1 saturated carbocycles. The van der Waals surface area contributed by atoms with Crippen LogP contribution in [0.1, 0.15) is 55.3 Å². The molecule has 1 aromatic carbocycles. The molecule has 0 radical (unpaired) electrons. The first-order valence-electron chi connectivity index (χ1n) is 9.00. The van der Waals surface area contributed by atoms with Crippen molar-refractivity contribution in [1.29, 1.82) is 0 Å². The molecule has 0 spiro atoms. The van der Waals surface area contributed by atoms with Crippen molar-refractivity contribution in [3.8, 4) is 0 Å². The normalized spacial score (nSPS) is 14.7. The third-order valence-electron chi connectivity index (χ3n) is 4.64. The van der Waals surface area contributed by atoms with Crippen molar-refractivity contribution in [2.24, 2.45) is 0 Å². The lowest BCUT2D eigenvalue weighted by Gasteiger charge is -2.36. The van der Waals surface area contributed by atoms with Gasteiger partial charge in [-0.3, -0.25) is 20.2 Å². The summed E-state index contributed by atoms with van der Waals surface area (Å²) in [6.45, 7) is 0.838. The largest absolute Gasteiger partial charge is 0.396 e. The van der Waals surface area contributed by atoms with Crippen LogP contribution < -0.4 is 5.32 Å². The van der Waals surface area contributed by atoms with Gasteiger partial charge in [-0.2, -0.15) is 0 Å². The third kappa shape index (κ3) is 5.74. The van der Waals surface area contributed by atoms with Gasteiger partial charge < -0.3 is 10.0 Å². The summed E-state index contributed by atoms with van der Waals surface area (Å²) in [7, 11) is 0. The zero-order chi connectivity index (χ0) is 18.9. The number of aliphatic hydroxyl groups excluding tert-OH is 1. The molecule has 0 saturated heterocycles. The van der Waals surface area contributed by atoms with Gasteiger partial charge in [0.05, 0.1) is 4.92 Å². The monoisotopic (exact) mass is 379 g/mol. The summed E-state index contributed by atoms with van der Waals surface area (Å²) < 4.78 is 0. The number of hydrogen-bond acceptors (Lipinski definition) is 5. The predicted octanol–water partition coefficient (Wildman–Crippen LogP) is 3.02. The number of nitro benzene ring substituents is 1. The van der Waals surface area contributed by atoms with Crippen LogP contribution >= 0.6 is 12.2 Å². The topological polar surface area (TPSA) is 95.7 Å². The zero-order valence-electron chi connectivity index (χ0n) is 14.7. The summed E-state index contributed by atoms with van der Waals surface area (Å²) in [4.78, 5) is 24.7. The molecule has 1 aliphatic rings. The van der Waals surface area contributed by atoms with E-state index in [1.54, 1.807) is 0 Å². The van der Waals surface area contributed by atoms with E-state index in [1.165, 1.54) is 30.7 Å². The summed E-state index contributed by atoms with van der Waals surface area (Å²) in [5.74, 6) is -0.368. The average molecular weight is 379 g/mol. The molecule has 1 aliphatic carbocycles. The number of benzene rings is 1. The molecule has 0 bridgehead atoms. The maximum absolute atomic E-state index is 12.4. The Morgan fingerprint density at radius 3 is 2.46 bits per heavy atom. The van der Waals surface area contributed by atoms with Gasteiger partial charge >= 0.3 is 0 Å². The Morgan fingerprint density at radius 2 is 1.88 bits per heavy atom. The Hall–Kier alpha value is -2.06. The second-order valence-electron chi connectivity index (χ2n) is 6.48. The van der Waals surface area contributed by atoms with Crippen LogP contribution in [-0.2, 0) is 0 Å². The third-order valence-corrected chi connectivity index (χ3v) is 4.98. The SMILES string of the molecule is O=C(NC(=S)N(CCCCO)C1CCCCC1)c1ccc([N+](=O)[O-])cc1. The fourth-order valence-electron chi connectivity index (χ4n) is 3.21. The first kappa shape index (κ1) is 20.3. The van der Waals surface area contributed by atoms with Gasteiger partial charge in [-0.1, -0.05) is 19.3 Å². The number of amides is 1. The van der Waals surface area contributed by atoms with E-state index < -0.39 is 4.92 Å². The van der Waals surface area contributed by atoms with Crippen molar-refractivity contribution in [1.82, 2.24) is 10.2 Å². The predicted molar refractivity (Wildman–Crippen MR) is 103 cm³/mol. The highest BCUT2D eigenvalue weighted by atomic mass is 32.1. The number of thiocarbonyl (C=S) groups is 1. The molecule has 1 amide bonds. The zero-order valence-corrected chi connectivity index (χ0v) is 15.5. The summed E-state index contributed by atoms with van der Waals surface area (Å²) in [6, 6.07) is 5.77. The number of hydrogen-bond donors (Lipinski definition) is 2. The average Bonchev–Trinajstić information content (AvgIpc) is 2.66. The molecule has 0 unspecified atom stereocenters. The highest BCUT2D eigenvalue weighted by Gasteiger charge is 2.24. The molecule has 0 heterocycles. The number of unbranched alkanes of at least 4 members (excludes halogenated alkanes) is 1. The molecular formula is C18H25N3O4S. The summed E-state index contributed by atoms with van der Waals surface area (Å²) >= 11 is 5.47. The van der Waals surface area contributed by atoms with Gasteiger partial charge in [0.2, 0.25) is 0 Å². The maximum Gasteiger partial charge on any atom is 0.269 e. The quantitative estimate of drug-likeness (QED) is 0.327. The minimum absolute atomic E-state index is 0.0584. The number of non-ortho nitro benzene ring substituents is 1. The van der Waals surface area contributed by atoms with Gasteiger partial charge in [-0.15, -0.1) is 0 Å². The standard InChI is InChI=1S/C18H25N3O4S/c22-13-5-4-12-20(15-6-2-1-3-7-15)18(26)19-17(23)14-8-10-16(11-9-14)21(24)25/h8-11,15,22H,1-7,12-13H2,(H,19,23,26). The van der Waals surface area contributed by atoms with Crippen LogP contribution in [0.15, 0.2) is 24.3 Å². The van der Waals surface area contributed by atoms with E-state index in [9.17, 15) is 14.9 Å². The van der Waals surface area contributed by atoms with Crippen molar-refractivity contribution in [2.45, 2.75) is 51.0 Å². The smallest absolute Gasteiger partial charge is 0.269 e. The number of carbonyl (C=O) groups excluding carboxylic acids is 1. The van der Waals surface area contributed by atoms with E-state index in [0.717, 1.165) is 32.1 Å². The maximum atomic E-state index is 12.4. The molecule has 26 heavy (non-hydrogen) atoms. The number of nitrogens with one attached hydrogen (secondary N) is 1. The lowest BCUT2D eigenvalue weighted by Crippen LogP contribution is -2.49. The summed E-state index contributed by atoms with van der Waals surface area (Å²) in [5, 5.41) is 22.9. The minimum atomic E-state index is -0.502. The Labute approximate surface area is 158 Å². The van der Waals surface area contributed by atoms with Gasteiger partial charge in [0, 0.05) is 36.9 Å². The number of nitrogens with zero attached hydrogens (tertiary/aromatic N) is 2. The van der Waals surface area contributed by atoms with E-state index in [-0.39, 0.29) is 18.2 Å². The van der Waals surface area contributed by atoms with E-state index >= 15 is 0 Å². The molecule has 2 rings (SSSR count). The van der Waals surface area contributed by atoms with Crippen LogP contribution in [0.4, 0.5) is 5.69 Å². The molecule has 0 atom stereocenters. The first-order chi connectivity index (χ1) is 12.5. The van der Waals surface area contributed by atoms with Gasteiger partial charge in [-0.25, -0.2) is 0 Å². The van der Waals surface area contributed by atoms with Crippen molar-refractivity contribution in [3.05, 3.63) is 39.9 Å². The summed E-state index contributed by atoms with van der Waals surface area (Å²) in [6.07, 6.45) is 7.13. The highest BCUT2D eigenvalue weighted by molar-refractivity contribution is 7.80. The van der Waals surface area contributed by atoms with Crippen LogP contribution in [-0.4, -0.2) is 45.1 Å². The summed E-state index contributed by atoms with van der Waals surface area (Å²) in [5.41, 5.74) is 0.272. The lowest BCUT2D eigenvalue weighted by atomic mass is 9.94. The van der Waals surface area contributed by atoms with Gasteiger partial charge in [0.15, 0.2) is 5.11 Å². The van der Waals surface area contributed by atoms with Gasteiger partial charge in [0.1, 0.15) is 0 Å². The Morgan fingerprint density at radius 1 is 1.23 bits per heavy atom.